The van der Waals surface area contributed by atoms with Crippen molar-refractivity contribution in [3.63, 3.8) is 0 Å². The van der Waals surface area contributed by atoms with Gasteiger partial charge in [0.25, 0.3) is 0 Å². The third kappa shape index (κ3) is 5.00. The van der Waals surface area contributed by atoms with Gasteiger partial charge in [0.05, 0.1) is 6.54 Å². The summed E-state index contributed by atoms with van der Waals surface area (Å²) in [7, 11) is 0. The Kier molecular flexibility index (Phi) is 5.96. The molecule has 4 heteroatoms. The number of hydrogen-bond donors (Lipinski definition) is 0. The molecule has 0 amide bonds. The molecule has 0 saturated carbocycles. The smallest absolute Gasteiger partial charge is 0.247 e. The number of benzene rings is 2. The molecule has 0 fully saturated rings. The maximum absolute atomic E-state index is 5.89. The molecule has 0 radical (unpaired) electrons. The van der Waals surface area contributed by atoms with Gasteiger partial charge in [0.15, 0.2) is 0 Å². The lowest BCUT2D eigenvalue weighted by Crippen LogP contribution is -2.24. The summed E-state index contributed by atoms with van der Waals surface area (Å²) in [4.78, 5) is 2.37. The van der Waals surface area contributed by atoms with Gasteiger partial charge >= 0.3 is 0 Å². The zero-order valence-electron chi connectivity index (χ0n) is 15.0. The molecule has 0 spiro atoms. The van der Waals surface area contributed by atoms with Gasteiger partial charge in [0, 0.05) is 12.1 Å². The summed E-state index contributed by atoms with van der Waals surface area (Å²) in [5.41, 5.74) is 3.49. The van der Waals surface area contributed by atoms with Gasteiger partial charge < -0.3 is 4.42 Å². The molecule has 0 aliphatic rings. The summed E-state index contributed by atoms with van der Waals surface area (Å²) < 4.78 is 5.89. The third-order valence-electron chi connectivity index (χ3n) is 4.20. The van der Waals surface area contributed by atoms with Crippen LogP contribution in [0.25, 0.3) is 11.5 Å². The minimum atomic E-state index is 0.588. The fraction of sp³-hybridized carbons (Fsp3) is 0.333. The van der Waals surface area contributed by atoms with E-state index in [0.717, 1.165) is 25.1 Å². The van der Waals surface area contributed by atoms with E-state index in [1.54, 1.807) is 0 Å². The molecule has 130 valence electrons. The van der Waals surface area contributed by atoms with Crippen LogP contribution in [0.2, 0.25) is 0 Å². The quantitative estimate of drug-likeness (QED) is 0.590. The molecular weight excluding hydrogens is 310 g/mol. The molecule has 25 heavy (non-hydrogen) atoms. The average Bonchev–Trinajstić information content (AvgIpc) is 3.09. The first-order valence-electron chi connectivity index (χ1n) is 8.90. The molecule has 2 aromatic carbocycles. The van der Waals surface area contributed by atoms with Gasteiger partial charge in [-0.3, -0.25) is 4.90 Å². The highest BCUT2D eigenvalue weighted by molar-refractivity contribution is 5.52. The Bertz CT molecular complexity index is 765. The van der Waals surface area contributed by atoms with Gasteiger partial charge in [-0.2, -0.15) is 0 Å². The molecule has 3 rings (SSSR count). The topological polar surface area (TPSA) is 42.2 Å². The van der Waals surface area contributed by atoms with Crippen LogP contribution < -0.4 is 0 Å². The number of hydrogen-bond acceptors (Lipinski definition) is 4. The minimum Gasteiger partial charge on any atom is -0.419 e. The van der Waals surface area contributed by atoms with Crippen molar-refractivity contribution in [1.82, 2.24) is 15.1 Å². The van der Waals surface area contributed by atoms with Crippen molar-refractivity contribution in [3.8, 4) is 11.5 Å². The van der Waals surface area contributed by atoms with Crippen molar-refractivity contribution in [3.05, 3.63) is 71.6 Å². The van der Waals surface area contributed by atoms with Crippen LogP contribution in [-0.4, -0.2) is 21.6 Å². The Morgan fingerprint density at radius 3 is 2.40 bits per heavy atom. The lowest BCUT2D eigenvalue weighted by molar-refractivity contribution is 0.228. The lowest BCUT2D eigenvalue weighted by Gasteiger charge is -2.20. The maximum atomic E-state index is 5.89. The number of nitrogens with zero attached hydrogens (tertiary/aromatic N) is 3. The predicted octanol–water partition coefficient (Wildman–Crippen LogP) is 4.85. The molecule has 4 nitrogen and oxygen atoms in total. The highest BCUT2D eigenvalue weighted by Crippen LogP contribution is 2.19. The molecule has 0 unspecified atom stereocenters. The van der Waals surface area contributed by atoms with Crippen LogP contribution in [0.3, 0.4) is 0 Å². The van der Waals surface area contributed by atoms with Gasteiger partial charge in [-0.05, 0) is 37.6 Å². The first-order chi connectivity index (χ1) is 12.2. The largest absolute Gasteiger partial charge is 0.419 e. The Morgan fingerprint density at radius 2 is 1.68 bits per heavy atom. The van der Waals surface area contributed by atoms with E-state index in [2.05, 4.69) is 65.3 Å². The Labute approximate surface area is 149 Å². The Balaban J connectivity index is 1.69. The fourth-order valence-corrected chi connectivity index (χ4v) is 2.76. The van der Waals surface area contributed by atoms with Gasteiger partial charge in [-0.25, -0.2) is 0 Å². The van der Waals surface area contributed by atoms with Crippen molar-refractivity contribution in [2.24, 2.45) is 0 Å². The summed E-state index contributed by atoms with van der Waals surface area (Å²) in [5, 5.41) is 8.46. The predicted molar refractivity (Wildman–Crippen MR) is 99.9 cm³/mol. The molecule has 0 saturated heterocycles. The Morgan fingerprint density at radius 1 is 0.920 bits per heavy atom. The number of unbranched alkanes of at least 4 members (excludes halogenated alkanes) is 1. The zero-order chi connectivity index (χ0) is 17.5. The van der Waals surface area contributed by atoms with Crippen molar-refractivity contribution < 1.29 is 4.42 Å². The van der Waals surface area contributed by atoms with E-state index < -0.39 is 0 Å². The monoisotopic (exact) mass is 335 g/mol. The van der Waals surface area contributed by atoms with Gasteiger partial charge in [0.1, 0.15) is 0 Å². The summed E-state index contributed by atoms with van der Waals surface area (Å²) in [6.45, 7) is 6.87. The zero-order valence-corrected chi connectivity index (χ0v) is 15.0. The Hall–Kier alpha value is -2.46. The van der Waals surface area contributed by atoms with Crippen LogP contribution >= 0.6 is 0 Å². The molecule has 0 N–H and O–H groups in total. The highest BCUT2D eigenvalue weighted by Gasteiger charge is 2.13. The van der Waals surface area contributed by atoms with Crippen LogP contribution in [-0.2, 0) is 13.1 Å². The average molecular weight is 335 g/mol. The summed E-state index contributed by atoms with van der Waals surface area (Å²) in [5.74, 6) is 1.26. The maximum Gasteiger partial charge on any atom is 0.247 e. The standard InChI is InChI=1S/C21H25N3O/c1-3-4-14-24(15-18-8-6-5-7-9-18)16-20-22-23-21(25-20)19-12-10-17(2)11-13-19/h5-13H,3-4,14-16H2,1-2H3. The van der Waals surface area contributed by atoms with Crippen molar-refractivity contribution in [2.75, 3.05) is 6.54 Å². The van der Waals surface area contributed by atoms with E-state index in [0.29, 0.717) is 18.3 Å². The van der Waals surface area contributed by atoms with E-state index in [1.165, 1.54) is 17.5 Å². The molecule has 1 aromatic heterocycles. The highest BCUT2D eigenvalue weighted by atomic mass is 16.4. The number of aryl methyl sites for hydroxylation is 1. The molecule has 0 bridgehead atoms. The lowest BCUT2D eigenvalue weighted by atomic mass is 10.1. The second-order valence-corrected chi connectivity index (χ2v) is 6.42. The van der Waals surface area contributed by atoms with E-state index in [-0.39, 0.29) is 0 Å². The van der Waals surface area contributed by atoms with Gasteiger partial charge in [0.2, 0.25) is 11.8 Å². The van der Waals surface area contributed by atoms with E-state index in [1.807, 2.05) is 18.2 Å². The van der Waals surface area contributed by atoms with E-state index >= 15 is 0 Å². The first kappa shape index (κ1) is 17.4. The van der Waals surface area contributed by atoms with Gasteiger partial charge in [-0.15, -0.1) is 10.2 Å². The van der Waals surface area contributed by atoms with Crippen LogP contribution in [0, 0.1) is 6.92 Å². The second-order valence-electron chi connectivity index (χ2n) is 6.42. The van der Waals surface area contributed by atoms with Crippen molar-refractivity contribution in [1.29, 1.82) is 0 Å². The molecule has 0 aliphatic carbocycles. The van der Waals surface area contributed by atoms with Crippen molar-refractivity contribution >= 4 is 0 Å². The minimum absolute atomic E-state index is 0.588. The fourth-order valence-electron chi connectivity index (χ4n) is 2.76. The summed E-state index contributed by atoms with van der Waals surface area (Å²) in [6.07, 6.45) is 2.33. The second kappa shape index (κ2) is 8.58. The first-order valence-corrected chi connectivity index (χ1v) is 8.90. The summed E-state index contributed by atoms with van der Waals surface area (Å²) >= 11 is 0. The molecule has 0 atom stereocenters. The SMILES string of the molecule is CCCCN(Cc1ccccc1)Cc1nnc(-c2ccc(C)cc2)o1. The molecular formula is C21H25N3O. The summed E-state index contributed by atoms with van der Waals surface area (Å²) in [6, 6.07) is 18.7. The van der Waals surface area contributed by atoms with Crippen molar-refractivity contribution in [2.45, 2.75) is 39.8 Å². The third-order valence-corrected chi connectivity index (χ3v) is 4.20. The molecule has 1 heterocycles. The normalized spacial score (nSPS) is 11.2. The van der Waals surface area contributed by atoms with Crippen LogP contribution in [0.1, 0.15) is 36.8 Å². The van der Waals surface area contributed by atoms with Gasteiger partial charge in [-0.1, -0.05) is 61.4 Å². The number of aromatic nitrogens is 2. The van der Waals surface area contributed by atoms with E-state index in [9.17, 15) is 0 Å². The van der Waals surface area contributed by atoms with Crippen LogP contribution in [0.4, 0.5) is 0 Å². The van der Waals surface area contributed by atoms with Crippen LogP contribution in [0.15, 0.2) is 59.0 Å². The number of rotatable bonds is 8. The van der Waals surface area contributed by atoms with E-state index in [4.69, 9.17) is 4.42 Å². The molecule has 0 aliphatic heterocycles. The van der Waals surface area contributed by atoms with Crippen LogP contribution in [0.5, 0.6) is 0 Å². The molecule has 3 aromatic rings.